The molecule has 21 heavy (non-hydrogen) atoms. The largest absolute Gasteiger partial charge is 0.462 e. The Labute approximate surface area is 127 Å². The molecule has 0 fully saturated rings. The molecule has 0 aliphatic rings. The molecule has 0 aliphatic carbocycles. The molecule has 0 saturated heterocycles. The fraction of sp³-hybridized carbons (Fsp3) is 0.118. The summed E-state index contributed by atoms with van der Waals surface area (Å²) in [5, 5.41) is 0.715. The van der Waals surface area contributed by atoms with Crippen LogP contribution in [-0.4, -0.2) is 17.0 Å². The highest BCUT2D eigenvalue weighted by Crippen LogP contribution is 2.24. The maximum absolute atomic E-state index is 11.8. The third kappa shape index (κ3) is 2.78. The minimum atomic E-state index is -0.297. The third-order valence-electron chi connectivity index (χ3n) is 3.29. The predicted octanol–water partition coefficient (Wildman–Crippen LogP) is 4.44. The minimum absolute atomic E-state index is 0.297. The molecular weight excluding hydrogens is 286 g/mol. The number of aromatic nitrogens is 1. The molecule has 0 amide bonds. The number of rotatable bonds is 3. The van der Waals surface area contributed by atoms with E-state index in [1.807, 2.05) is 53.2 Å². The van der Waals surface area contributed by atoms with Gasteiger partial charge in [0.15, 0.2) is 0 Å². The summed E-state index contributed by atoms with van der Waals surface area (Å²) >= 11 is 5.91. The highest BCUT2D eigenvalue weighted by Gasteiger charge is 2.08. The second-order valence-electron chi connectivity index (χ2n) is 4.70. The van der Waals surface area contributed by atoms with Crippen LogP contribution < -0.4 is 0 Å². The van der Waals surface area contributed by atoms with Gasteiger partial charge in [0.1, 0.15) is 0 Å². The van der Waals surface area contributed by atoms with Crippen LogP contribution in [-0.2, 0) is 4.74 Å². The van der Waals surface area contributed by atoms with Gasteiger partial charge in [0.2, 0.25) is 0 Å². The summed E-state index contributed by atoms with van der Waals surface area (Å²) in [4.78, 5) is 11.8. The van der Waals surface area contributed by atoms with Crippen LogP contribution in [0.25, 0.3) is 16.6 Å². The molecule has 0 bridgehead atoms. The second-order valence-corrected chi connectivity index (χ2v) is 5.14. The number of carbonyl (C=O) groups excluding carboxylic acids is 1. The molecule has 0 unspecified atom stereocenters. The Bertz CT molecular complexity index is 790. The number of hydrogen-bond donors (Lipinski definition) is 0. The average molecular weight is 300 g/mol. The number of carbonyl (C=O) groups is 1. The number of fused-ring (bicyclic) bond motifs is 1. The molecule has 4 heteroatoms. The van der Waals surface area contributed by atoms with Crippen molar-refractivity contribution < 1.29 is 9.53 Å². The van der Waals surface area contributed by atoms with E-state index in [-0.39, 0.29) is 5.97 Å². The van der Waals surface area contributed by atoms with E-state index in [1.165, 1.54) is 0 Å². The summed E-state index contributed by atoms with van der Waals surface area (Å²) in [6.07, 6.45) is 3.88. The molecule has 2 heterocycles. The average Bonchev–Trinajstić information content (AvgIpc) is 2.91. The Hall–Kier alpha value is -2.26. The number of nitrogens with zero attached hydrogens (tertiary/aromatic N) is 1. The Morgan fingerprint density at radius 1 is 1.14 bits per heavy atom. The number of pyridine rings is 1. The summed E-state index contributed by atoms with van der Waals surface area (Å²) in [6, 6.07) is 13.3. The molecule has 0 N–H and O–H groups in total. The number of ether oxygens (including phenoxy) is 1. The van der Waals surface area contributed by atoms with E-state index in [4.69, 9.17) is 16.3 Å². The summed E-state index contributed by atoms with van der Waals surface area (Å²) in [5.74, 6) is -0.297. The predicted molar refractivity (Wildman–Crippen MR) is 83.8 cm³/mol. The molecular formula is C17H14ClNO2. The van der Waals surface area contributed by atoms with E-state index in [1.54, 1.807) is 13.0 Å². The molecule has 0 atom stereocenters. The topological polar surface area (TPSA) is 30.7 Å². The van der Waals surface area contributed by atoms with Gasteiger partial charge in [-0.3, -0.25) is 0 Å². The molecule has 0 saturated carbocycles. The minimum Gasteiger partial charge on any atom is -0.462 e. The van der Waals surface area contributed by atoms with E-state index in [0.29, 0.717) is 17.2 Å². The molecule has 3 rings (SSSR count). The standard InChI is InChI=1S/C17H14ClNO2/c1-2-21-17(20)13-7-8-19-11-14(10-16(19)9-13)12-3-5-15(18)6-4-12/h3-11H,2H2,1H3. The number of hydrogen-bond acceptors (Lipinski definition) is 2. The van der Waals surface area contributed by atoms with Crippen molar-refractivity contribution in [1.29, 1.82) is 0 Å². The zero-order chi connectivity index (χ0) is 14.8. The Morgan fingerprint density at radius 3 is 2.62 bits per heavy atom. The van der Waals surface area contributed by atoms with Crippen LogP contribution in [0.5, 0.6) is 0 Å². The summed E-state index contributed by atoms with van der Waals surface area (Å²) in [7, 11) is 0. The maximum Gasteiger partial charge on any atom is 0.338 e. The molecule has 2 aromatic heterocycles. The normalized spacial score (nSPS) is 10.8. The van der Waals surface area contributed by atoms with Gasteiger partial charge < -0.3 is 9.14 Å². The van der Waals surface area contributed by atoms with Crippen molar-refractivity contribution in [2.24, 2.45) is 0 Å². The van der Waals surface area contributed by atoms with Gasteiger partial charge in [-0.25, -0.2) is 4.79 Å². The van der Waals surface area contributed by atoms with Gasteiger partial charge in [-0.2, -0.15) is 0 Å². The van der Waals surface area contributed by atoms with Crippen LogP contribution in [0, 0.1) is 0 Å². The van der Waals surface area contributed by atoms with E-state index < -0.39 is 0 Å². The fourth-order valence-electron chi connectivity index (χ4n) is 2.25. The van der Waals surface area contributed by atoms with Crippen LogP contribution in [0.2, 0.25) is 5.02 Å². The van der Waals surface area contributed by atoms with Gasteiger partial charge in [0, 0.05) is 28.5 Å². The zero-order valence-corrected chi connectivity index (χ0v) is 12.3. The van der Waals surface area contributed by atoms with Crippen molar-refractivity contribution in [2.75, 3.05) is 6.61 Å². The molecule has 106 valence electrons. The molecule has 0 aliphatic heterocycles. The molecule has 0 spiro atoms. The van der Waals surface area contributed by atoms with Crippen molar-refractivity contribution in [3.05, 3.63) is 65.4 Å². The Morgan fingerprint density at radius 2 is 1.90 bits per heavy atom. The van der Waals surface area contributed by atoms with Crippen molar-refractivity contribution in [3.8, 4) is 11.1 Å². The first kappa shape index (κ1) is 13.7. The first-order chi connectivity index (χ1) is 10.2. The Balaban J connectivity index is 2.00. The highest BCUT2D eigenvalue weighted by molar-refractivity contribution is 6.30. The van der Waals surface area contributed by atoms with Crippen LogP contribution in [0.3, 0.4) is 0 Å². The number of esters is 1. The lowest BCUT2D eigenvalue weighted by molar-refractivity contribution is 0.0526. The SMILES string of the molecule is CCOC(=O)c1ccn2cc(-c3ccc(Cl)cc3)cc2c1. The monoisotopic (exact) mass is 299 g/mol. The number of benzene rings is 1. The number of halogens is 1. The summed E-state index contributed by atoms with van der Waals surface area (Å²) < 4.78 is 7.00. The first-order valence-electron chi connectivity index (χ1n) is 6.72. The lowest BCUT2D eigenvalue weighted by atomic mass is 10.1. The van der Waals surface area contributed by atoms with E-state index in [0.717, 1.165) is 16.6 Å². The molecule has 1 aromatic carbocycles. The lowest BCUT2D eigenvalue weighted by Gasteiger charge is -2.02. The van der Waals surface area contributed by atoms with Gasteiger partial charge in [0.05, 0.1) is 12.2 Å². The van der Waals surface area contributed by atoms with Gasteiger partial charge in [-0.05, 0) is 42.8 Å². The van der Waals surface area contributed by atoms with Crippen LogP contribution >= 0.6 is 11.6 Å². The smallest absolute Gasteiger partial charge is 0.338 e. The molecule has 3 nitrogen and oxygen atoms in total. The maximum atomic E-state index is 11.8. The third-order valence-corrected chi connectivity index (χ3v) is 3.54. The van der Waals surface area contributed by atoms with Gasteiger partial charge >= 0.3 is 5.97 Å². The first-order valence-corrected chi connectivity index (χ1v) is 7.10. The van der Waals surface area contributed by atoms with Crippen LogP contribution in [0.1, 0.15) is 17.3 Å². The van der Waals surface area contributed by atoms with Crippen molar-refractivity contribution in [1.82, 2.24) is 4.40 Å². The molecule has 0 radical (unpaired) electrons. The van der Waals surface area contributed by atoms with Crippen molar-refractivity contribution in [3.63, 3.8) is 0 Å². The second kappa shape index (κ2) is 5.62. The quantitative estimate of drug-likeness (QED) is 0.670. The fourth-order valence-corrected chi connectivity index (χ4v) is 2.38. The van der Waals surface area contributed by atoms with Gasteiger partial charge in [-0.1, -0.05) is 23.7 Å². The van der Waals surface area contributed by atoms with Crippen LogP contribution in [0.4, 0.5) is 0 Å². The van der Waals surface area contributed by atoms with Gasteiger partial charge in [0.25, 0.3) is 0 Å². The van der Waals surface area contributed by atoms with E-state index in [9.17, 15) is 4.79 Å². The molecule has 3 aromatic rings. The van der Waals surface area contributed by atoms with E-state index in [2.05, 4.69) is 0 Å². The van der Waals surface area contributed by atoms with Gasteiger partial charge in [-0.15, -0.1) is 0 Å². The highest BCUT2D eigenvalue weighted by atomic mass is 35.5. The van der Waals surface area contributed by atoms with Crippen molar-refractivity contribution >= 4 is 23.1 Å². The summed E-state index contributed by atoms with van der Waals surface area (Å²) in [6.45, 7) is 2.17. The van der Waals surface area contributed by atoms with Crippen LogP contribution in [0.15, 0.2) is 54.9 Å². The Kier molecular flexibility index (Phi) is 3.67. The summed E-state index contributed by atoms with van der Waals surface area (Å²) in [5.41, 5.74) is 3.67. The van der Waals surface area contributed by atoms with E-state index >= 15 is 0 Å². The lowest BCUT2D eigenvalue weighted by Crippen LogP contribution is -2.04. The van der Waals surface area contributed by atoms with Crippen molar-refractivity contribution in [2.45, 2.75) is 6.92 Å². The zero-order valence-electron chi connectivity index (χ0n) is 11.5.